The summed E-state index contributed by atoms with van der Waals surface area (Å²) in [5.74, 6) is -6.79. The molecule has 2 rings (SSSR count). The molecule has 0 unspecified atom stereocenters. The Morgan fingerprint density at radius 2 is 1.87 bits per heavy atom. The standard InChI is InChI=1S/C15H11F3N2O3/c1-2-23-15(22)9-4-3-7-19-13(9)20-14(21)8-5-6-10(16)12(18)11(8)17/h3-7H,2H2,1H3,(H,19,20,21). The number of hydrogen-bond acceptors (Lipinski definition) is 4. The minimum absolute atomic E-state index is 0.0503. The number of hydrogen-bond donors (Lipinski definition) is 1. The first kappa shape index (κ1) is 16.5. The van der Waals surface area contributed by atoms with Gasteiger partial charge in [-0.3, -0.25) is 4.79 Å². The van der Waals surface area contributed by atoms with Gasteiger partial charge in [0.2, 0.25) is 0 Å². The van der Waals surface area contributed by atoms with Gasteiger partial charge in [-0.15, -0.1) is 0 Å². The largest absolute Gasteiger partial charge is 0.462 e. The molecule has 1 amide bonds. The predicted molar refractivity (Wildman–Crippen MR) is 74.5 cm³/mol. The highest BCUT2D eigenvalue weighted by molar-refractivity contribution is 6.07. The lowest BCUT2D eigenvalue weighted by Gasteiger charge is -2.10. The summed E-state index contributed by atoms with van der Waals surface area (Å²) in [6.07, 6.45) is 1.29. The second kappa shape index (κ2) is 6.91. The van der Waals surface area contributed by atoms with Gasteiger partial charge in [0.1, 0.15) is 11.4 Å². The Kier molecular flexibility index (Phi) is 4.95. The molecule has 0 radical (unpaired) electrons. The first-order valence-electron chi connectivity index (χ1n) is 6.52. The number of nitrogens with zero attached hydrogens (tertiary/aromatic N) is 1. The topological polar surface area (TPSA) is 68.3 Å². The van der Waals surface area contributed by atoms with Gasteiger partial charge in [0.05, 0.1) is 12.2 Å². The summed E-state index contributed by atoms with van der Waals surface area (Å²) >= 11 is 0. The molecule has 23 heavy (non-hydrogen) atoms. The van der Waals surface area contributed by atoms with Gasteiger partial charge in [0.25, 0.3) is 5.91 Å². The van der Waals surface area contributed by atoms with Crippen LogP contribution in [0.25, 0.3) is 0 Å². The molecule has 1 heterocycles. The van der Waals surface area contributed by atoms with E-state index in [0.717, 1.165) is 6.07 Å². The summed E-state index contributed by atoms with van der Waals surface area (Å²) in [7, 11) is 0. The molecule has 0 fully saturated rings. The maximum absolute atomic E-state index is 13.6. The quantitative estimate of drug-likeness (QED) is 0.693. The van der Waals surface area contributed by atoms with Crippen LogP contribution in [0.3, 0.4) is 0 Å². The van der Waals surface area contributed by atoms with Gasteiger partial charge in [-0.2, -0.15) is 0 Å². The van der Waals surface area contributed by atoms with Gasteiger partial charge in [0.15, 0.2) is 17.5 Å². The molecule has 0 aliphatic carbocycles. The minimum Gasteiger partial charge on any atom is -0.462 e. The number of nitrogens with one attached hydrogen (secondary N) is 1. The zero-order chi connectivity index (χ0) is 17.0. The number of halogens is 3. The monoisotopic (exact) mass is 324 g/mol. The highest BCUT2D eigenvalue weighted by Gasteiger charge is 2.21. The molecule has 2 aromatic rings. The van der Waals surface area contributed by atoms with Crippen molar-refractivity contribution in [3.8, 4) is 0 Å². The number of pyridine rings is 1. The number of carbonyl (C=O) groups is 2. The third-order valence-corrected chi connectivity index (χ3v) is 2.81. The van der Waals surface area contributed by atoms with Crippen molar-refractivity contribution >= 4 is 17.7 Å². The lowest BCUT2D eigenvalue weighted by atomic mass is 10.1. The Morgan fingerprint density at radius 1 is 1.13 bits per heavy atom. The van der Waals surface area contributed by atoms with Crippen LogP contribution in [0.15, 0.2) is 30.5 Å². The fourth-order valence-corrected chi connectivity index (χ4v) is 1.75. The number of anilines is 1. The predicted octanol–water partition coefficient (Wildman–Crippen LogP) is 2.93. The molecule has 120 valence electrons. The van der Waals surface area contributed by atoms with Gasteiger partial charge in [-0.05, 0) is 31.2 Å². The molecule has 0 saturated heterocycles. The van der Waals surface area contributed by atoms with Crippen molar-refractivity contribution < 1.29 is 27.5 Å². The Balaban J connectivity index is 2.31. The van der Waals surface area contributed by atoms with Crippen molar-refractivity contribution in [1.82, 2.24) is 4.98 Å². The SMILES string of the molecule is CCOC(=O)c1cccnc1NC(=O)c1ccc(F)c(F)c1F. The van der Waals surface area contributed by atoms with E-state index in [9.17, 15) is 22.8 Å². The molecule has 1 N–H and O–H groups in total. The molecule has 0 saturated carbocycles. The van der Waals surface area contributed by atoms with E-state index in [0.29, 0.717) is 6.07 Å². The number of amides is 1. The summed E-state index contributed by atoms with van der Waals surface area (Å²) in [4.78, 5) is 27.5. The first-order chi connectivity index (χ1) is 11.0. The van der Waals surface area contributed by atoms with Crippen molar-refractivity contribution in [2.24, 2.45) is 0 Å². The van der Waals surface area contributed by atoms with Crippen LogP contribution in [0, 0.1) is 17.5 Å². The van der Waals surface area contributed by atoms with Crippen LogP contribution in [0.5, 0.6) is 0 Å². The smallest absolute Gasteiger partial charge is 0.341 e. The van der Waals surface area contributed by atoms with Crippen molar-refractivity contribution in [3.63, 3.8) is 0 Å². The molecule has 0 spiro atoms. The maximum Gasteiger partial charge on any atom is 0.341 e. The van der Waals surface area contributed by atoms with E-state index in [1.54, 1.807) is 6.92 Å². The van der Waals surface area contributed by atoms with Crippen molar-refractivity contribution in [2.75, 3.05) is 11.9 Å². The van der Waals surface area contributed by atoms with Crippen molar-refractivity contribution in [1.29, 1.82) is 0 Å². The summed E-state index contributed by atoms with van der Waals surface area (Å²) < 4.78 is 44.5. The van der Waals surface area contributed by atoms with E-state index in [4.69, 9.17) is 4.74 Å². The molecule has 0 atom stereocenters. The van der Waals surface area contributed by atoms with Gasteiger partial charge in [0, 0.05) is 6.20 Å². The molecular weight excluding hydrogens is 313 g/mol. The number of carbonyl (C=O) groups excluding carboxylic acids is 2. The van der Waals surface area contributed by atoms with Crippen molar-refractivity contribution in [2.45, 2.75) is 6.92 Å². The fraction of sp³-hybridized carbons (Fsp3) is 0.133. The molecular formula is C15H11F3N2O3. The maximum atomic E-state index is 13.6. The van der Waals surface area contributed by atoms with Crippen LogP contribution >= 0.6 is 0 Å². The van der Waals surface area contributed by atoms with Crippen LogP contribution in [0.4, 0.5) is 19.0 Å². The van der Waals surface area contributed by atoms with Crippen LogP contribution in [0.2, 0.25) is 0 Å². The van der Waals surface area contributed by atoms with Crippen LogP contribution in [0.1, 0.15) is 27.6 Å². The second-order valence-corrected chi connectivity index (χ2v) is 4.30. The summed E-state index contributed by atoms with van der Waals surface area (Å²) in [5, 5.41) is 2.17. The van der Waals surface area contributed by atoms with Crippen LogP contribution in [-0.2, 0) is 4.74 Å². The second-order valence-electron chi connectivity index (χ2n) is 4.30. The lowest BCUT2D eigenvalue weighted by molar-refractivity contribution is 0.0527. The molecule has 0 aliphatic rings. The Hall–Kier alpha value is -2.90. The van der Waals surface area contributed by atoms with Gasteiger partial charge in [-0.1, -0.05) is 0 Å². The normalized spacial score (nSPS) is 10.3. The van der Waals surface area contributed by atoms with Gasteiger partial charge < -0.3 is 10.1 Å². The Labute approximate surface area is 129 Å². The minimum atomic E-state index is -1.76. The zero-order valence-electron chi connectivity index (χ0n) is 11.9. The third-order valence-electron chi connectivity index (χ3n) is 2.81. The number of ether oxygens (including phenoxy) is 1. The molecule has 1 aromatic carbocycles. The third kappa shape index (κ3) is 3.47. The summed E-state index contributed by atoms with van der Waals surface area (Å²) in [5.41, 5.74) is -0.768. The molecule has 8 heteroatoms. The van der Waals surface area contributed by atoms with Crippen molar-refractivity contribution in [3.05, 3.63) is 59.0 Å². The summed E-state index contributed by atoms with van der Waals surface area (Å²) in [6.45, 7) is 1.71. The highest BCUT2D eigenvalue weighted by Crippen LogP contribution is 2.18. The highest BCUT2D eigenvalue weighted by atomic mass is 19.2. The van der Waals surface area contributed by atoms with E-state index in [1.807, 2.05) is 0 Å². The van der Waals surface area contributed by atoms with E-state index < -0.39 is 34.9 Å². The Bertz CT molecular complexity index is 766. The van der Waals surface area contributed by atoms with Gasteiger partial charge in [-0.25, -0.2) is 22.9 Å². The van der Waals surface area contributed by atoms with E-state index in [-0.39, 0.29) is 18.0 Å². The van der Waals surface area contributed by atoms with E-state index in [2.05, 4.69) is 10.3 Å². The average Bonchev–Trinajstić information content (AvgIpc) is 2.53. The number of benzene rings is 1. The molecule has 5 nitrogen and oxygen atoms in total. The summed E-state index contributed by atoms with van der Waals surface area (Å²) in [6, 6.07) is 4.20. The molecule has 0 bridgehead atoms. The number of esters is 1. The number of aromatic nitrogens is 1. The van der Waals surface area contributed by atoms with E-state index >= 15 is 0 Å². The first-order valence-corrected chi connectivity index (χ1v) is 6.52. The number of rotatable bonds is 4. The van der Waals surface area contributed by atoms with Crippen LogP contribution < -0.4 is 5.32 Å². The van der Waals surface area contributed by atoms with E-state index in [1.165, 1.54) is 18.3 Å². The fourth-order valence-electron chi connectivity index (χ4n) is 1.75. The van der Waals surface area contributed by atoms with Crippen LogP contribution in [-0.4, -0.2) is 23.5 Å². The zero-order valence-corrected chi connectivity index (χ0v) is 11.9. The average molecular weight is 324 g/mol. The molecule has 1 aromatic heterocycles. The Morgan fingerprint density at radius 3 is 2.57 bits per heavy atom. The molecule has 0 aliphatic heterocycles. The van der Waals surface area contributed by atoms with Gasteiger partial charge >= 0.3 is 5.97 Å². The lowest BCUT2D eigenvalue weighted by Crippen LogP contribution is -2.19.